The SMILES string of the molecule is Cc1nc(-c2c(N)nsc2NCC(C)(C)CO)cs1. The summed E-state index contributed by atoms with van der Waals surface area (Å²) in [5.41, 5.74) is 7.47. The van der Waals surface area contributed by atoms with Gasteiger partial charge in [-0.3, -0.25) is 0 Å². The van der Waals surface area contributed by atoms with Crippen molar-refractivity contribution < 1.29 is 5.11 Å². The van der Waals surface area contributed by atoms with E-state index < -0.39 is 0 Å². The zero-order chi connectivity index (χ0) is 14.0. The summed E-state index contributed by atoms with van der Waals surface area (Å²) in [5, 5.41) is 16.5. The molecule has 2 heterocycles. The first-order chi connectivity index (χ1) is 8.93. The minimum Gasteiger partial charge on any atom is -0.396 e. The normalized spacial score (nSPS) is 11.8. The average Bonchev–Trinajstić information content (AvgIpc) is 2.93. The van der Waals surface area contributed by atoms with Gasteiger partial charge in [0.15, 0.2) is 0 Å². The molecule has 0 unspecified atom stereocenters. The van der Waals surface area contributed by atoms with Crippen LogP contribution in [0.15, 0.2) is 5.38 Å². The molecular formula is C12H18N4OS2. The summed E-state index contributed by atoms with van der Waals surface area (Å²) in [7, 11) is 0. The van der Waals surface area contributed by atoms with Crippen molar-refractivity contribution in [3.63, 3.8) is 0 Å². The molecule has 4 N–H and O–H groups in total. The van der Waals surface area contributed by atoms with Gasteiger partial charge in [0.25, 0.3) is 0 Å². The van der Waals surface area contributed by atoms with E-state index in [1.54, 1.807) is 11.3 Å². The smallest absolute Gasteiger partial charge is 0.148 e. The molecule has 0 aliphatic carbocycles. The Labute approximate surface area is 120 Å². The van der Waals surface area contributed by atoms with Gasteiger partial charge in [0.1, 0.15) is 10.8 Å². The van der Waals surface area contributed by atoms with Crippen LogP contribution >= 0.6 is 22.9 Å². The van der Waals surface area contributed by atoms with Crippen LogP contribution in [0.25, 0.3) is 11.3 Å². The van der Waals surface area contributed by atoms with Gasteiger partial charge in [-0.2, -0.15) is 4.37 Å². The van der Waals surface area contributed by atoms with Gasteiger partial charge in [0.2, 0.25) is 0 Å². The molecule has 0 spiro atoms. The molecule has 0 radical (unpaired) electrons. The van der Waals surface area contributed by atoms with E-state index in [4.69, 9.17) is 5.73 Å². The fourth-order valence-corrected chi connectivity index (χ4v) is 2.85. The fourth-order valence-electron chi connectivity index (χ4n) is 1.52. The quantitative estimate of drug-likeness (QED) is 0.790. The van der Waals surface area contributed by atoms with Gasteiger partial charge >= 0.3 is 0 Å². The van der Waals surface area contributed by atoms with Gasteiger partial charge in [-0.25, -0.2) is 4.98 Å². The predicted octanol–water partition coefficient (Wildman–Crippen LogP) is 2.59. The Morgan fingerprint density at radius 2 is 2.21 bits per heavy atom. The van der Waals surface area contributed by atoms with E-state index in [0.717, 1.165) is 21.3 Å². The van der Waals surface area contributed by atoms with Crippen LogP contribution in [-0.2, 0) is 0 Å². The number of aryl methyl sites for hydroxylation is 1. The summed E-state index contributed by atoms with van der Waals surface area (Å²) in [6, 6.07) is 0. The molecule has 0 atom stereocenters. The molecule has 0 bridgehead atoms. The van der Waals surface area contributed by atoms with Crippen molar-refractivity contribution in [3.05, 3.63) is 10.4 Å². The third kappa shape index (κ3) is 3.23. The molecule has 2 rings (SSSR count). The zero-order valence-electron chi connectivity index (χ0n) is 11.2. The lowest BCUT2D eigenvalue weighted by Gasteiger charge is -2.22. The van der Waals surface area contributed by atoms with E-state index in [9.17, 15) is 5.11 Å². The standard InChI is InChI=1S/C12H18N4OS2/c1-7-15-8(4-18-7)9-10(13)16-19-11(9)14-5-12(2,3)6-17/h4,14,17H,5-6H2,1-3H3,(H2,13,16). The summed E-state index contributed by atoms with van der Waals surface area (Å²) in [6.45, 7) is 6.74. The summed E-state index contributed by atoms with van der Waals surface area (Å²) in [4.78, 5) is 4.46. The largest absolute Gasteiger partial charge is 0.396 e. The number of hydrogen-bond donors (Lipinski definition) is 3. The van der Waals surface area contributed by atoms with Crippen LogP contribution in [0.3, 0.4) is 0 Å². The second-order valence-corrected chi connectivity index (χ2v) is 7.04. The van der Waals surface area contributed by atoms with Crippen LogP contribution < -0.4 is 11.1 Å². The molecule has 7 heteroatoms. The Morgan fingerprint density at radius 3 is 2.79 bits per heavy atom. The highest BCUT2D eigenvalue weighted by Gasteiger charge is 2.20. The molecule has 0 aliphatic heterocycles. The topological polar surface area (TPSA) is 84.1 Å². The third-order valence-corrected chi connectivity index (χ3v) is 4.34. The number of hydrogen-bond acceptors (Lipinski definition) is 7. The Morgan fingerprint density at radius 1 is 1.47 bits per heavy atom. The summed E-state index contributed by atoms with van der Waals surface area (Å²) in [5.74, 6) is 0.500. The second kappa shape index (κ2) is 5.44. The summed E-state index contributed by atoms with van der Waals surface area (Å²) < 4.78 is 4.19. The lowest BCUT2D eigenvalue weighted by atomic mass is 9.95. The highest BCUT2D eigenvalue weighted by molar-refractivity contribution is 7.11. The number of aromatic nitrogens is 2. The molecule has 104 valence electrons. The molecule has 0 saturated carbocycles. The van der Waals surface area contributed by atoms with Crippen molar-refractivity contribution in [1.29, 1.82) is 0 Å². The maximum atomic E-state index is 9.28. The molecule has 19 heavy (non-hydrogen) atoms. The van der Waals surface area contributed by atoms with E-state index in [0.29, 0.717) is 12.4 Å². The van der Waals surface area contributed by atoms with E-state index in [1.807, 2.05) is 26.2 Å². The maximum Gasteiger partial charge on any atom is 0.148 e. The summed E-state index contributed by atoms with van der Waals surface area (Å²) in [6.07, 6.45) is 0. The van der Waals surface area contributed by atoms with Crippen LogP contribution in [0.1, 0.15) is 18.9 Å². The molecule has 2 aromatic heterocycles. The molecule has 2 aromatic rings. The van der Waals surface area contributed by atoms with Gasteiger partial charge in [-0.05, 0) is 18.5 Å². The van der Waals surface area contributed by atoms with E-state index >= 15 is 0 Å². The number of anilines is 2. The first kappa shape index (κ1) is 14.2. The number of nitrogens with two attached hydrogens (primary N) is 1. The minimum atomic E-state index is -0.186. The van der Waals surface area contributed by atoms with Crippen molar-refractivity contribution >= 4 is 33.7 Å². The number of aliphatic hydroxyl groups is 1. The Balaban J connectivity index is 2.23. The Bertz CT molecular complexity index is 562. The molecule has 0 saturated heterocycles. The first-order valence-corrected chi connectivity index (χ1v) is 7.60. The highest BCUT2D eigenvalue weighted by atomic mass is 32.1. The van der Waals surface area contributed by atoms with E-state index in [1.165, 1.54) is 11.5 Å². The minimum absolute atomic E-state index is 0.124. The lowest BCUT2D eigenvalue weighted by molar-refractivity contribution is 0.171. The molecule has 0 aromatic carbocycles. The lowest BCUT2D eigenvalue weighted by Crippen LogP contribution is -2.26. The molecule has 0 fully saturated rings. The molecular weight excluding hydrogens is 280 g/mol. The van der Waals surface area contributed by atoms with Gasteiger partial charge in [-0.1, -0.05) is 13.8 Å². The van der Waals surface area contributed by atoms with Gasteiger partial charge in [0, 0.05) is 23.9 Å². The van der Waals surface area contributed by atoms with Crippen LogP contribution in [0, 0.1) is 12.3 Å². The number of thiazole rings is 1. The fraction of sp³-hybridized carbons (Fsp3) is 0.500. The van der Waals surface area contributed by atoms with Crippen LogP contribution in [0.4, 0.5) is 10.8 Å². The van der Waals surface area contributed by atoms with Crippen molar-refractivity contribution in [1.82, 2.24) is 9.36 Å². The van der Waals surface area contributed by atoms with Crippen LogP contribution in [0.5, 0.6) is 0 Å². The Hall–Kier alpha value is -1.18. The first-order valence-electron chi connectivity index (χ1n) is 5.95. The maximum absolute atomic E-state index is 9.28. The molecule has 0 aliphatic rings. The van der Waals surface area contributed by atoms with Crippen LogP contribution in [0.2, 0.25) is 0 Å². The van der Waals surface area contributed by atoms with Gasteiger partial charge in [0.05, 0.1) is 16.3 Å². The van der Waals surface area contributed by atoms with Crippen molar-refractivity contribution in [2.75, 3.05) is 24.2 Å². The van der Waals surface area contributed by atoms with Crippen molar-refractivity contribution in [2.24, 2.45) is 5.41 Å². The van der Waals surface area contributed by atoms with Gasteiger partial charge in [-0.15, -0.1) is 11.3 Å². The highest BCUT2D eigenvalue weighted by Crippen LogP contribution is 2.37. The molecule has 0 amide bonds. The van der Waals surface area contributed by atoms with Gasteiger partial charge < -0.3 is 16.2 Å². The number of nitrogen functional groups attached to an aromatic ring is 1. The monoisotopic (exact) mass is 298 g/mol. The number of aliphatic hydroxyl groups excluding tert-OH is 1. The van der Waals surface area contributed by atoms with Crippen molar-refractivity contribution in [3.8, 4) is 11.3 Å². The Kier molecular flexibility index (Phi) is 4.07. The molecule has 5 nitrogen and oxygen atoms in total. The van der Waals surface area contributed by atoms with E-state index in [-0.39, 0.29) is 12.0 Å². The summed E-state index contributed by atoms with van der Waals surface area (Å²) >= 11 is 2.92. The number of rotatable bonds is 5. The average molecular weight is 298 g/mol. The number of nitrogens with one attached hydrogen (secondary N) is 1. The van der Waals surface area contributed by atoms with Crippen molar-refractivity contribution in [2.45, 2.75) is 20.8 Å². The number of nitrogens with zero attached hydrogens (tertiary/aromatic N) is 2. The predicted molar refractivity (Wildman–Crippen MR) is 81.7 cm³/mol. The van der Waals surface area contributed by atoms with E-state index in [2.05, 4.69) is 14.7 Å². The van der Waals surface area contributed by atoms with Crippen LogP contribution in [-0.4, -0.2) is 27.6 Å². The third-order valence-electron chi connectivity index (χ3n) is 2.75. The second-order valence-electron chi connectivity index (χ2n) is 5.20. The zero-order valence-corrected chi connectivity index (χ0v) is 12.9.